The lowest BCUT2D eigenvalue weighted by atomic mass is 10.1. The maximum atomic E-state index is 12.1. The van der Waals surface area contributed by atoms with E-state index in [2.05, 4.69) is 5.32 Å². The first kappa shape index (κ1) is 11.3. The molecule has 96 valence electrons. The average molecular weight is 247 g/mol. The van der Waals surface area contributed by atoms with Crippen LogP contribution in [0.2, 0.25) is 0 Å². The lowest BCUT2D eigenvalue weighted by Crippen LogP contribution is -2.53. The fraction of sp³-hybridized carbons (Fsp3) is 0.538. The largest absolute Gasteiger partial charge is 0.354 e. The molecule has 0 aromatic carbocycles. The lowest BCUT2D eigenvalue weighted by molar-refractivity contribution is -0.126. The highest BCUT2D eigenvalue weighted by molar-refractivity contribution is 5.97. The predicted molar refractivity (Wildman–Crippen MR) is 66.0 cm³/mol. The minimum absolute atomic E-state index is 0.0444. The molecule has 0 saturated heterocycles. The Kier molecular flexibility index (Phi) is 2.61. The van der Waals surface area contributed by atoms with Gasteiger partial charge in [-0.05, 0) is 30.9 Å². The summed E-state index contributed by atoms with van der Waals surface area (Å²) >= 11 is 0. The summed E-state index contributed by atoms with van der Waals surface area (Å²) in [6.45, 7) is 1.29. The molecule has 0 bridgehead atoms. The van der Waals surface area contributed by atoms with Gasteiger partial charge in [-0.3, -0.25) is 9.59 Å². The zero-order chi connectivity index (χ0) is 12.7. The van der Waals surface area contributed by atoms with Crippen LogP contribution < -0.4 is 5.32 Å². The molecule has 2 amide bonds. The monoisotopic (exact) mass is 247 g/mol. The van der Waals surface area contributed by atoms with Gasteiger partial charge in [0.15, 0.2) is 0 Å². The second kappa shape index (κ2) is 4.15. The first-order valence-electron chi connectivity index (χ1n) is 6.37. The highest BCUT2D eigenvalue weighted by atomic mass is 16.2. The molecule has 1 fully saturated rings. The molecule has 5 heteroatoms. The minimum atomic E-state index is -0.392. The van der Waals surface area contributed by atoms with Gasteiger partial charge in [-0.15, -0.1) is 0 Å². The molecule has 0 radical (unpaired) electrons. The average Bonchev–Trinajstić information content (AvgIpc) is 3.07. The molecule has 1 saturated carbocycles. The first-order valence-corrected chi connectivity index (χ1v) is 6.37. The van der Waals surface area contributed by atoms with Crippen molar-refractivity contribution < 1.29 is 9.59 Å². The van der Waals surface area contributed by atoms with Gasteiger partial charge in [-0.25, -0.2) is 0 Å². The van der Waals surface area contributed by atoms with E-state index in [1.807, 2.05) is 16.8 Å². The molecule has 2 heterocycles. The van der Waals surface area contributed by atoms with E-state index in [1.165, 1.54) is 17.7 Å². The van der Waals surface area contributed by atoms with E-state index >= 15 is 0 Å². The zero-order valence-electron chi connectivity index (χ0n) is 10.4. The van der Waals surface area contributed by atoms with Crippen LogP contribution >= 0.6 is 0 Å². The molecule has 0 spiro atoms. The Morgan fingerprint density at radius 2 is 2.28 bits per heavy atom. The number of hydrogen-bond donors (Lipinski definition) is 1. The van der Waals surface area contributed by atoms with E-state index in [0.717, 1.165) is 6.54 Å². The van der Waals surface area contributed by atoms with Crippen molar-refractivity contribution in [3.8, 4) is 0 Å². The SMILES string of the molecule is CN1C(=O)c2cccn2CC1C(=O)NCC1CC1. The van der Waals surface area contributed by atoms with Gasteiger partial charge in [0, 0.05) is 19.8 Å². The number of fused-ring (bicyclic) bond motifs is 1. The first-order chi connectivity index (χ1) is 8.66. The summed E-state index contributed by atoms with van der Waals surface area (Å²) in [5.41, 5.74) is 0.656. The maximum absolute atomic E-state index is 12.1. The van der Waals surface area contributed by atoms with Crippen LogP contribution in [0.4, 0.5) is 0 Å². The van der Waals surface area contributed by atoms with Gasteiger partial charge >= 0.3 is 0 Å². The fourth-order valence-corrected chi connectivity index (χ4v) is 2.34. The second-order valence-electron chi connectivity index (χ2n) is 5.17. The Hall–Kier alpha value is -1.78. The van der Waals surface area contributed by atoms with Gasteiger partial charge in [0.05, 0.1) is 6.54 Å². The molecule has 1 aliphatic carbocycles. The number of nitrogens with one attached hydrogen (secondary N) is 1. The molecule has 1 atom stereocenters. The standard InChI is InChI=1S/C13H17N3O2/c1-15-11(12(17)14-7-9-4-5-9)8-16-6-2-3-10(16)13(15)18/h2-3,6,9,11H,4-5,7-8H2,1H3,(H,14,17). The van der Waals surface area contributed by atoms with Gasteiger partial charge in [0.25, 0.3) is 5.91 Å². The zero-order valence-corrected chi connectivity index (χ0v) is 10.4. The molecular formula is C13H17N3O2. The van der Waals surface area contributed by atoms with Crippen LogP contribution in [-0.2, 0) is 11.3 Å². The Labute approximate surface area is 106 Å². The van der Waals surface area contributed by atoms with E-state index in [0.29, 0.717) is 18.2 Å². The molecule has 2 aliphatic rings. The highest BCUT2D eigenvalue weighted by Gasteiger charge is 2.34. The molecule has 3 rings (SSSR count). The number of amides is 2. The third kappa shape index (κ3) is 1.89. The maximum Gasteiger partial charge on any atom is 0.270 e. The summed E-state index contributed by atoms with van der Waals surface area (Å²) in [5.74, 6) is 0.524. The van der Waals surface area contributed by atoms with E-state index in [4.69, 9.17) is 0 Å². The third-order valence-corrected chi connectivity index (χ3v) is 3.77. The van der Waals surface area contributed by atoms with Crippen molar-refractivity contribution in [2.75, 3.05) is 13.6 Å². The van der Waals surface area contributed by atoms with Crippen LogP contribution in [-0.4, -0.2) is 40.9 Å². The molecule has 1 N–H and O–H groups in total. The number of hydrogen-bond acceptors (Lipinski definition) is 2. The van der Waals surface area contributed by atoms with E-state index in [9.17, 15) is 9.59 Å². The van der Waals surface area contributed by atoms with Crippen molar-refractivity contribution in [1.82, 2.24) is 14.8 Å². The Morgan fingerprint density at radius 3 is 3.00 bits per heavy atom. The van der Waals surface area contributed by atoms with Crippen molar-refractivity contribution in [3.05, 3.63) is 24.0 Å². The summed E-state index contributed by atoms with van der Waals surface area (Å²) in [5, 5.41) is 2.94. The van der Waals surface area contributed by atoms with E-state index in [1.54, 1.807) is 13.1 Å². The van der Waals surface area contributed by atoms with Crippen molar-refractivity contribution in [2.45, 2.75) is 25.4 Å². The van der Waals surface area contributed by atoms with Gasteiger partial charge in [-0.1, -0.05) is 0 Å². The van der Waals surface area contributed by atoms with E-state index in [-0.39, 0.29) is 11.8 Å². The summed E-state index contributed by atoms with van der Waals surface area (Å²) in [6, 6.07) is 3.24. The molecule has 1 aromatic heterocycles. The van der Waals surface area contributed by atoms with Crippen LogP contribution in [0.5, 0.6) is 0 Å². The van der Waals surface area contributed by atoms with Gasteiger partial charge in [-0.2, -0.15) is 0 Å². The van der Waals surface area contributed by atoms with Crippen LogP contribution in [0.1, 0.15) is 23.3 Å². The Bertz CT molecular complexity index is 490. The van der Waals surface area contributed by atoms with Crippen molar-refractivity contribution in [3.63, 3.8) is 0 Å². The van der Waals surface area contributed by atoms with E-state index < -0.39 is 6.04 Å². The Morgan fingerprint density at radius 1 is 1.50 bits per heavy atom. The minimum Gasteiger partial charge on any atom is -0.354 e. The third-order valence-electron chi connectivity index (χ3n) is 3.77. The van der Waals surface area contributed by atoms with Crippen molar-refractivity contribution >= 4 is 11.8 Å². The van der Waals surface area contributed by atoms with Gasteiger partial charge in [0.2, 0.25) is 5.91 Å². The molecule has 1 aromatic rings. The number of carbonyl (C=O) groups is 2. The number of likely N-dealkylation sites (N-methyl/N-ethyl adjacent to an activating group) is 1. The fourth-order valence-electron chi connectivity index (χ4n) is 2.34. The normalized spacial score (nSPS) is 22.8. The number of carbonyl (C=O) groups excluding carboxylic acids is 2. The molecule has 1 aliphatic heterocycles. The number of rotatable bonds is 3. The summed E-state index contributed by atoms with van der Waals surface area (Å²) in [4.78, 5) is 25.7. The molecular weight excluding hydrogens is 230 g/mol. The highest BCUT2D eigenvalue weighted by Crippen LogP contribution is 2.27. The van der Waals surface area contributed by atoms with Crippen LogP contribution in [0.15, 0.2) is 18.3 Å². The Balaban J connectivity index is 1.72. The topological polar surface area (TPSA) is 54.3 Å². The van der Waals surface area contributed by atoms with Crippen LogP contribution in [0.3, 0.4) is 0 Å². The summed E-state index contributed by atoms with van der Waals surface area (Å²) in [7, 11) is 1.69. The molecule has 18 heavy (non-hydrogen) atoms. The predicted octanol–water partition coefficient (Wildman–Crippen LogP) is 0.468. The summed E-state index contributed by atoms with van der Waals surface area (Å²) in [6.07, 6.45) is 4.27. The van der Waals surface area contributed by atoms with Gasteiger partial charge < -0.3 is 14.8 Å². The molecule has 5 nitrogen and oxygen atoms in total. The van der Waals surface area contributed by atoms with Crippen LogP contribution in [0.25, 0.3) is 0 Å². The second-order valence-corrected chi connectivity index (χ2v) is 5.17. The molecule has 1 unspecified atom stereocenters. The van der Waals surface area contributed by atoms with Crippen molar-refractivity contribution in [1.29, 1.82) is 0 Å². The quantitative estimate of drug-likeness (QED) is 0.844. The van der Waals surface area contributed by atoms with Gasteiger partial charge in [0.1, 0.15) is 11.7 Å². The number of aromatic nitrogens is 1. The number of nitrogens with zero attached hydrogens (tertiary/aromatic N) is 2. The smallest absolute Gasteiger partial charge is 0.270 e. The summed E-state index contributed by atoms with van der Waals surface area (Å²) < 4.78 is 1.85. The lowest BCUT2D eigenvalue weighted by Gasteiger charge is -2.32. The van der Waals surface area contributed by atoms with Crippen LogP contribution in [0, 0.1) is 5.92 Å². The van der Waals surface area contributed by atoms with Crippen molar-refractivity contribution in [2.24, 2.45) is 5.92 Å².